The number of anilines is 1. The maximum Gasteiger partial charge on any atom is 0.273 e. The Balaban J connectivity index is 1.42. The molecule has 0 unspecified atom stereocenters. The van der Waals surface area contributed by atoms with E-state index in [-0.39, 0.29) is 18.1 Å². The van der Waals surface area contributed by atoms with Gasteiger partial charge in [-0.25, -0.2) is 4.68 Å². The highest BCUT2D eigenvalue weighted by atomic mass is 16.5. The number of H-pyrrole nitrogens is 1. The number of hydrogen-bond acceptors (Lipinski definition) is 4. The van der Waals surface area contributed by atoms with E-state index in [2.05, 4.69) is 15.4 Å². The second kappa shape index (κ2) is 7.49. The fourth-order valence-electron chi connectivity index (χ4n) is 3.29. The van der Waals surface area contributed by atoms with Crippen molar-refractivity contribution in [3.63, 3.8) is 0 Å². The van der Waals surface area contributed by atoms with E-state index < -0.39 is 0 Å². The van der Waals surface area contributed by atoms with Crippen LogP contribution in [0.5, 0.6) is 5.75 Å². The Kier molecular flexibility index (Phi) is 4.74. The number of nitrogens with zero attached hydrogens (tertiary/aromatic N) is 2. The lowest BCUT2D eigenvalue weighted by Crippen LogP contribution is -2.21. The van der Waals surface area contributed by atoms with Gasteiger partial charge in [0.05, 0.1) is 5.69 Å². The normalized spacial score (nSPS) is 13.0. The number of ether oxygens (including phenoxy) is 1. The van der Waals surface area contributed by atoms with E-state index in [0.29, 0.717) is 17.3 Å². The van der Waals surface area contributed by atoms with Crippen LogP contribution >= 0.6 is 0 Å². The van der Waals surface area contributed by atoms with E-state index in [0.717, 1.165) is 36.9 Å². The summed E-state index contributed by atoms with van der Waals surface area (Å²) in [5.74, 6) is 0.706. The SMILES string of the molecule is O=C(COc1ccnc2c1CCCC2)Nc1cc(=O)n(-c2ccccc2)[nH]1. The summed E-state index contributed by atoms with van der Waals surface area (Å²) in [5, 5.41) is 5.55. The molecule has 0 aliphatic heterocycles. The number of aryl methyl sites for hydroxylation is 1. The molecule has 0 atom stereocenters. The average molecular weight is 364 g/mol. The van der Waals surface area contributed by atoms with Crippen molar-refractivity contribution in [2.75, 3.05) is 11.9 Å². The van der Waals surface area contributed by atoms with E-state index in [4.69, 9.17) is 4.74 Å². The summed E-state index contributed by atoms with van der Waals surface area (Å²) in [5.41, 5.74) is 2.60. The monoisotopic (exact) mass is 364 g/mol. The van der Waals surface area contributed by atoms with Crippen molar-refractivity contribution in [2.24, 2.45) is 0 Å². The van der Waals surface area contributed by atoms with Crippen LogP contribution in [-0.4, -0.2) is 27.3 Å². The molecule has 1 aliphatic carbocycles. The van der Waals surface area contributed by atoms with Crippen LogP contribution < -0.4 is 15.6 Å². The molecular formula is C20H20N4O3. The molecule has 1 aliphatic rings. The molecule has 2 N–H and O–H groups in total. The van der Waals surface area contributed by atoms with E-state index in [1.807, 2.05) is 18.2 Å². The minimum absolute atomic E-state index is 0.130. The van der Waals surface area contributed by atoms with Crippen LogP contribution in [0.2, 0.25) is 0 Å². The molecule has 2 heterocycles. The van der Waals surface area contributed by atoms with Crippen LogP contribution in [0, 0.1) is 0 Å². The zero-order valence-corrected chi connectivity index (χ0v) is 14.8. The predicted octanol–water partition coefficient (Wildman–Crippen LogP) is 2.46. The first-order valence-electron chi connectivity index (χ1n) is 8.97. The number of hydrogen-bond donors (Lipinski definition) is 2. The summed E-state index contributed by atoms with van der Waals surface area (Å²) < 4.78 is 7.08. The van der Waals surface area contributed by atoms with E-state index >= 15 is 0 Å². The van der Waals surface area contributed by atoms with Crippen molar-refractivity contribution < 1.29 is 9.53 Å². The number of amides is 1. The van der Waals surface area contributed by atoms with Crippen LogP contribution in [0.15, 0.2) is 53.5 Å². The number of aromatic nitrogens is 3. The number of carbonyl (C=O) groups is 1. The van der Waals surface area contributed by atoms with Gasteiger partial charge in [0, 0.05) is 23.5 Å². The fourth-order valence-corrected chi connectivity index (χ4v) is 3.29. The number of nitrogens with one attached hydrogen (secondary N) is 2. The van der Waals surface area contributed by atoms with Gasteiger partial charge < -0.3 is 10.1 Å². The molecule has 27 heavy (non-hydrogen) atoms. The fraction of sp³-hybridized carbons (Fsp3) is 0.250. The molecule has 0 bridgehead atoms. The first kappa shape index (κ1) is 17.1. The molecule has 1 aromatic carbocycles. The maximum atomic E-state index is 12.2. The molecule has 2 aromatic heterocycles. The Morgan fingerprint density at radius 2 is 2.00 bits per heavy atom. The first-order chi connectivity index (χ1) is 13.2. The molecule has 7 nitrogen and oxygen atoms in total. The van der Waals surface area contributed by atoms with Gasteiger partial charge in [-0.2, -0.15) is 0 Å². The maximum absolute atomic E-state index is 12.2. The van der Waals surface area contributed by atoms with Gasteiger partial charge in [-0.3, -0.25) is 19.7 Å². The summed E-state index contributed by atoms with van der Waals surface area (Å²) in [4.78, 5) is 28.7. The van der Waals surface area contributed by atoms with Gasteiger partial charge in [0.1, 0.15) is 11.6 Å². The van der Waals surface area contributed by atoms with Crippen LogP contribution in [-0.2, 0) is 17.6 Å². The van der Waals surface area contributed by atoms with Gasteiger partial charge in [0.2, 0.25) is 0 Å². The average Bonchev–Trinajstić information content (AvgIpc) is 3.07. The lowest BCUT2D eigenvalue weighted by atomic mass is 9.95. The minimum Gasteiger partial charge on any atom is -0.483 e. The molecule has 1 amide bonds. The lowest BCUT2D eigenvalue weighted by molar-refractivity contribution is -0.118. The zero-order valence-electron chi connectivity index (χ0n) is 14.8. The van der Waals surface area contributed by atoms with Crippen LogP contribution in [0.1, 0.15) is 24.1 Å². The van der Waals surface area contributed by atoms with Crippen LogP contribution in [0.3, 0.4) is 0 Å². The summed E-state index contributed by atoms with van der Waals surface area (Å²) >= 11 is 0. The number of fused-ring (bicyclic) bond motifs is 1. The summed E-state index contributed by atoms with van der Waals surface area (Å²) in [6, 6.07) is 12.3. The van der Waals surface area contributed by atoms with Crippen molar-refractivity contribution in [2.45, 2.75) is 25.7 Å². The topological polar surface area (TPSA) is 89.0 Å². The van der Waals surface area contributed by atoms with Gasteiger partial charge in [-0.1, -0.05) is 18.2 Å². The van der Waals surface area contributed by atoms with Crippen molar-refractivity contribution >= 4 is 11.7 Å². The van der Waals surface area contributed by atoms with Gasteiger partial charge in [0.25, 0.3) is 11.5 Å². The molecule has 4 rings (SSSR count). The summed E-state index contributed by atoms with van der Waals surface area (Å²) in [6.45, 7) is -0.130. The van der Waals surface area contributed by atoms with Crippen molar-refractivity contribution in [1.82, 2.24) is 14.8 Å². The third-order valence-corrected chi connectivity index (χ3v) is 4.56. The number of benzene rings is 1. The van der Waals surface area contributed by atoms with Crippen molar-refractivity contribution in [3.05, 3.63) is 70.3 Å². The molecule has 0 fully saturated rings. The molecular weight excluding hydrogens is 344 g/mol. The Morgan fingerprint density at radius 3 is 2.85 bits per heavy atom. The number of carbonyl (C=O) groups excluding carboxylic acids is 1. The predicted molar refractivity (Wildman–Crippen MR) is 101 cm³/mol. The molecule has 3 aromatic rings. The Morgan fingerprint density at radius 1 is 1.19 bits per heavy atom. The number of pyridine rings is 1. The largest absolute Gasteiger partial charge is 0.483 e. The second-order valence-corrected chi connectivity index (χ2v) is 6.46. The first-order valence-corrected chi connectivity index (χ1v) is 8.97. The number of rotatable bonds is 5. The van der Waals surface area contributed by atoms with Gasteiger partial charge in [-0.05, 0) is 43.9 Å². The van der Waals surface area contributed by atoms with Gasteiger partial charge in [0.15, 0.2) is 6.61 Å². The van der Waals surface area contributed by atoms with Crippen LogP contribution in [0.4, 0.5) is 5.82 Å². The minimum atomic E-state index is -0.335. The van der Waals surface area contributed by atoms with Crippen molar-refractivity contribution in [1.29, 1.82) is 0 Å². The van der Waals surface area contributed by atoms with E-state index in [1.54, 1.807) is 24.4 Å². The van der Waals surface area contributed by atoms with Crippen molar-refractivity contribution in [3.8, 4) is 11.4 Å². The highest BCUT2D eigenvalue weighted by Gasteiger charge is 2.16. The van der Waals surface area contributed by atoms with E-state index in [9.17, 15) is 9.59 Å². The zero-order chi connectivity index (χ0) is 18.6. The van der Waals surface area contributed by atoms with Crippen LogP contribution in [0.25, 0.3) is 5.69 Å². The molecule has 0 radical (unpaired) electrons. The number of para-hydroxylation sites is 1. The highest BCUT2D eigenvalue weighted by molar-refractivity contribution is 5.90. The second-order valence-electron chi connectivity index (χ2n) is 6.46. The van der Waals surface area contributed by atoms with Gasteiger partial charge in [-0.15, -0.1) is 0 Å². The summed E-state index contributed by atoms with van der Waals surface area (Å²) in [7, 11) is 0. The highest BCUT2D eigenvalue weighted by Crippen LogP contribution is 2.27. The Labute approximate surface area is 156 Å². The Hall–Kier alpha value is -3.35. The standard InChI is InChI=1S/C20H20N4O3/c25-19(13-27-17-10-11-21-16-9-5-4-8-15(16)17)22-18-12-20(26)24(23-18)14-6-2-1-3-7-14/h1-3,6-7,10-12,23H,4-5,8-9,13H2,(H,22,25). The molecule has 0 spiro atoms. The number of aromatic amines is 1. The van der Waals surface area contributed by atoms with Gasteiger partial charge >= 0.3 is 0 Å². The third-order valence-electron chi connectivity index (χ3n) is 4.56. The third kappa shape index (κ3) is 3.76. The molecule has 138 valence electrons. The Bertz CT molecular complexity index is 1010. The summed E-state index contributed by atoms with van der Waals surface area (Å²) in [6.07, 6.45) is 5.83. The lowest BCUT2D eigenvalue weighted by Gasteiger charge is -2.18. The molecule has 0 saturated heterocycles. The quantitative estimate of drug-likeness (QED) is 0.728. The van der Waals surface area contributed by atoms with E-state index in [1.165, 1.54) is 10.7 Å². The molecule has 0 saturated carbocycles. The smallest absolute Gasteiger partial charge is 0.273 e. The molecule has 7 heteroatoms.